The number of ketones is 2. The second-order valence-electron chi connectivity index (χ2n) is 5.56. The largest absolute Gasteiger partial charge is 0.295 e. The third-order valence-corrected chi connectivity index (χ3v) is 5.40. The summed E-state index contributed by atoms with van der Waals surface area (Å²) >= 11 is 0. The molecule has 0 saturated heterocycles. The zero-order valence-electron chi connectivity index (χ0n) is 9.91. The summed E-state index contributed by atoms with van der Waals surface area (Å²) in [6.07, 6.45) is 9.29. The smallest absolute Gasteiger partial charge is 0.178 e. The molecule has 2 rings (SSSR count). The normalized spacial score (nSPS) is 23.1. The van der Waals surface area contributed by atoms with E-state index < -0.39 is 8.07 Å². The minimum Gasteiger partial charge on any atom is -0.295 e. The third-order valence-electron chi connectivity index (χ3n) is 3.17. The molecule has 0 aromatic carbocycles. The Morgan fingerprint density at radius 2 is 1.69 bits per heavy atom. The maximum Gasteiger partial charge on any atom is 0.178 e. The fourth-order valence-corrected chi connectivity index (χ4v) is 4.76. The van der Waals surface area contributed by atoms with Crippen molar-refractivity contribution in [1.82, 2.24) is 0 Å². The Hall–Kier alpha value is -1.22. The highest BCUT2D eigenvalue weighted by molar-refractivity contribution is 6.84. The molecule has 0 unspecified atom stereocenters. The molecule has 0 aliphatic heterocycles. The van der Waals surface area contributed by atoms with Gasteiger partial charge >= 0.3 is 0 Å². The van der Waals surface area contributed by atoms with Gasteiger partial charge in [0.1, 0.15) is 0 Å². The lowest BCUT2D eigenvalue weighted by atomic mass is 9.83. The van der Waals surface area contributed by atoms with Crippen LogP contribution >= 0.6 is 0 Å². The molecule has 16 heavy (non-hydrogen) atoms. The van der Waals surface area contributed by atoms with E-state index in [1.165, 1.54) is 5.20 Å². The quantitative estimate of drug-likeness (QED) is 0.651. The molecule has 0 aromatic heterocycles. The van der Waals surface area contributed by atoms with Crippen LogP contribution in [0.2, 0.25) is 19.6 Å². The van der Waals surface area contributed by atoms with Crippen molar-refractivity contribution >= 4 is 19.6 Å². The average molecular weight is 232 g/mol. The number of hydrogen-bond acceptors (Lipinski definition) is 2. The molecule has 0 amide bonds. The van der Waals surface area contributed by atoms with Crippen LogP contribution in [0.4, 0.5) is 0 Å². The lowest BCUT2D eigenvalue weighted by Gasteiger charge is -2.33. The monoisotopic (exact) mass is 232 g/mol. The Kier molecular flexibility index (Phi) is 2.38. The second-order valence-corrected chi connectivity index (χ2v) is 10.6. The number of carbonyl (C=O) groups is 2. The van der Waals surface area contributed by atoms with E-state index in [0.29, 0.717) is 6.42 Å². The molecular formula is C13H16O2Si. The van der Waals surface area contributed by atoms with E-state index >= 15 is 0 Å². The molecule has 84 valence electrons. The van der Waals surface area contributed by atoms with Crippen LogP contribution in [-0.2, 0) is 9.59 Å². The zero-order chi connectivity index (χ0) is 12.0. The molecule has 0 N–H and O–H groups in total. The Morgan fingerprint density at radius 3 is 2.19 bits per heavy atom. The van der Waals surface area contributed by atoms with Gasteiger partial charge in [-0.15, -0.1) is 0 Å². The molecule has 2 aliphatic carbocycles. The summed E-state index contributed by atoms with van der Waals surface area (Å²) in [5.41, 5.74) is -0.282. The lowest BCUT2D eigenvalue weighted by Crippen LogP contribution is -2.34. The highest BCUT2D eigenvalue weighted by Gasteiger charge is 2.43. The first-order valence-corrected chi connectivity index (χ1v) is 9.01. The summed E-state index contributed by atoms with van der Waals surface area (Å²) in [7, 11) is -1.52. The van der Waals surface area contributed by atoms with E-state index in [-0.39, 0.29) is 17.0 Å². The van der Waals surface area contributed by atoms with E-state index in [9.17, 15) is 9.59 Å². The highest BCUT2D eigenvalue weighted by atomic mass is 28.3. The van der Waals surface area contributed by atoms with E-state index in [2.05, 4.69) is 19.6 Å². The Labute approximate surface area is 96.7 Å². The van der Waals surface area contributed by atoms with Crippen LogP contribution in [0.1, 0.15) is 6.42 Å². The molecule has 1 spiro atoms. The number of carbonyl (C=O) groups excluding carboxylic acids is 2. The van der Waals surface area contributed by atoms with Crippen LogP contribution in [0, 0.1) is 5.41 Å². The molecule has 0 radical (unpaired) electrons. The maximum atomic E-state index is 11.6. The number of rotatable bonds is 1. The van der Waals surface area contributed by atoms with Gasteiger partial charge in [0, 0.05) is 11.8 Å². The van der Waals surface area contributed by atoms with Gasteiger partial charge in [-0.05, 0) is 18.2 Å². The van der Waals surface area contributed by atoms with Gasteiger partial charge in [0.15, 0.2) is 11.6 Å². The SMILES string of the molecule is C[Si](C)(C)C1=CC(=O)CC12C=CC(=O)C=C2. The first kappa shape index (κ1) is 11.3. The van der Waals surface area contributed by atoms with Gasteiger partial charge in [-0.1, -0.05) is 37.0 Å². The van der Waals surface area contributed by atoms with E-state index in [1.54, 1.807) is 18.2 Å². The van der Waals surface area contributed by atoms with Gasteiger partial charge in [0.05, 0.1) is 8.07 Å². The topological polar surface area (TPSA) is 34.1 Å². The van der Waals surface area contributed by atoms with Crippen LogP contribution in [0.15, 0.2) is 35.6 Å². The first-order chi connectivity index (χ1) is 7.33. The third kappa shape index (κ3) is 1.75. The second kappa shape index (κ2) is 3.38. The Bertz CT molecular complexity index is 431. The molecule has 2 nitrogen and oxygen atoms in total. The minimum atomic E-state index is -1.52. The molecule has 3 heteroatoms. The van der Waals surface area contributed by atoms with Crippen LogP contribution in [-0.4, -0.2) is 19.6 Å². The van der Waals surface area contributed by atoms with Gasteiger partial charge in [-0.3, -0.25) is 9.59 Å². The van der Waals surface area contributed by atoms with E-state index in [0.717, 1.165) is 0 Å². The van der Waals surface area contributed by atoms with Crippen molar-refractivity contribution in [3.63, 3.8) is 0 Å². The van der Waals surface area contributed by atoms with E-state index in [4.69, 9.17) is 0 Å². The predicted molar refractivity (Wildman–Crippen MR) is 66.8 cm³/mol. The molecule has 0 atom stereocenters. The molecule has 0 bridgehead atoms. The maximum absolute atomic E-state index is 11.6. The van der Waals surface area contributed by atoms with Crippen molar-refractivity contribution in [2.45, 2.75) is 26.1 Å². The molecule has 0 heterocycles. The number of allylic oxidation sites excluding steroid dienone is 6. The van der Waals surface area contributed by atoms with Crippen LogP contribution in [0.25, 0.3) is 0 Å². The van der Waals surface area contributed by atoms with Gasteiger partial charge in [-0.2, -0.15) is 0 Å². The summed E-state index contributed by atoms with van der Waals surface area (Å²) in [6.45, 7) is 6.70. The Balaban J connectivity index is 2.47. The van der Waals surface area contributed by atoms with Crippen molar-refractivity contribution in [3.05, 3.63) is 35.6 Å². The van der Waals surface area contributed by atoms with Crippen molar-refractivity contribution in [3.8, 4) is 0 Å². The van der Waals surface area contributed by atoms with Gasteiger partial charge in [-0.25, -0.2) is 0 Å². The summed E-state index contributed by atoms with van der Waals surface area (Å²) < 4.78 is 0. The van der Waals surface area contributed by atoms with Crippen LogP contribution < -0.4 is 0 Å². The van der Waals surface area contributed by atoms with Gasteiger partial charge in [0.25, 0.3) is 0 Å². The fourth-order valence-electron chi connectivity index (χ4n) is 2.51. The summed E-state index contributed by atoms with van der Waals surface area (Å²) in [4.78, 5) is 22.8. The van der Waals surface area contributed by atoms with Gasteiger partial charge in [0.2, 0.25) is 0 Å². The van der Waals surface area contributed by atoms with Crippen molar-refractivity contribution < 1.29 is 9.59 Å². The zero-order valence-corrected chi connectivity index (χ0v) is 10.9. The average Bonchev–Trinajstić information content (AvgIpc) is 2.49. The highest BCUT2D eigenvalue weighted by Crippen LogP contribution is 2.45. The summed E-state index contributed by atoms with van der Waals surface area (Å²) in [5, 5.41) is 1.24. The Morgan fingerprint density at radius 1 is 1.12 bits per heavy atom. The summed E-state index contributed by atoms with van der Waals surface area (Å²) in [6, 6.07) is 0. The molecule has 2 aliphatic rings. The molecule has 0 aromatic rings. The first-order valence-electron chi connectivity index (χ1n) is 5.51. The molecule has 0 fully saturated rings. The molecule has 0 saturated carbocycles. The van der Waals surface area contributed by atoms with Crippen molar-refractivity contribution in [1.29, 1.82) is 0 Å². The van der Waals surface area contributed by atoms with Crippen LogP contribution in [0.3, 0.4) is 0 Å². The van der Waals surface area contributed by atoms with E-state index in [1.807, 2.05) is 12.2 Å². The fraction of sp³-hybridized carbons (Fsp3) is 0.385. The number of hydrogen-bond donors (Lipinski definition) is 0. The summed E-state index contributed by atoms with van der Waals surface area (Å²) in [5.74, 6) is 0.195. The predicted octanol–water partition coefficient (Wildman–Crippen LogP) is 2.44. The van der Waals surface area contributed by atoms with Gasteiger partial charge < -0.3 is 0 Å². The van der Waals surface area contributed by atoms with Crippen molar-refractivity contribution in [2.24, 2.45) is 5.41 Å². The standard InChI is InChI=1S/C13H16O2Si/c1-16(2,3)12-8-11(15)9-13(12)6-4-10(14)5-7-13/h4-8H,9H2,1-3H3. The van der Waals surface area contributed by atoms with Crippen molar-refractivity contribution in [2.75, 3.05) is 0 Å². The molecular weight excluding hydrogens is 216 g/mol. The van der Waals surface area contributed by atoms with Crippen LogP contribution in [0.5, 0.6) is 0 Å². The lowest BCUT2D eigenvalue weighted by molar-refractivity contribution is -0.115. The minimum absolute atomic E-state index is 0.0138.